The molecule has 0 aliphatic carbocycles. The average Bonchev–Trinajstić information content (AvgIpc) is 3.44. The van der Waals surface area contributed by atoms with Crippen LogP contribution in [0.25, 0.3) is 11.5 Å². The zero-order valence-electron chi connectivity index (χ0n) is 15.6. The van der Waals surface area contributed by atoms with Gasteiger partial charge in [0.05, 0.1) is 6.26 Å². The number of aromatic nitrogens is 2. The first-order chi connectivity index (χ1) is 14.1. The maximum absolute atomic E-state index is 13.0. The first-order valence-corrected chi connectivity index (χ1v) is 9.29. The van der Waals surface area contributed by atoms with Crippen molar-refractivity contribution in [2.75, 3.05) is 26.2 Å². The summed E-state index contributed by atoms with van der Waals surface area (Å²) < 4.78 is 23.7. The lowest BCUT2D eigenvalue weighted by atomic mass is 10.2. The second-order valence-electron chi connectivity index (χ2n) is 6.66. The molecule has 0 spiro atoms. The van der Waals surface area contributed by atoms with Crippen molar-refractivity contribution in [3.63, 3.8) is 0 Å². The van der Waals surface area contributed by atoms with Gasteiger partial charge in [0.2, 0.25) is 17.7 Å². The van der Waals surface area contributed by atoms with E-state index in [1.54, 1.807) is 34.1 Å². The number of halogens is 1. The van der Waals surface area contributed by atoms with Crippen molar-refractivity contribution >= 4 is 11.8 Å². The summed E-state index contributed by atoms with van der Waals surface area (Å²) in [6.45, 7) is 1.85. The van der Waals surface area contributed by atoms with Crippen molar-refractivity contribution in [3.8, 4) is 11.5 Å². The van der Waals surface area contributed by atoms with Crippen molar-refractivity contribution < 1.29 is 22.8 Å². The molecule has 8 nitrogen and oxygen atoms in total. The lowest BCUT2D eigenvalue weighted by Gasteiger charge is -2.34. The number of hydrogen-bond acceptors (Lipinski definition) is 6. The van der Waals surface area contributed by atoms with E-state index >= 15 is 0 Å². The molecule has 29 heavy (non-hydrogen) atoms. The molecule has 2 aromatic heterocycles. The molecule has 0 bridgehead atoms. The van der Waals surface area contributed by atoms with Crippen LogP contribution in [-0.2, 0) is 11.2 Å². The van der Waals surface area contributed by atoms with E-state index in [-0.39, 0.29) is 29.9 Å². The zero-order chi connectivity index (χ0) is 20.2. The number of nitrogens with zero attached hydrogens (tertiary/aromatic N) is 4. The maximum atomic E-state index is 13.0. The van der Waals surface area contributed by atoms with E-state index in [9.17, 15) is 14.0 Å². The number of carbonyl (C=O) groups excluding carboxylic acids is 2. The van der Waals surface area contributed by atoms with Crippen LogP contribution >= 0.6 is 0 Å². The molecule has 1 fully saturated rings. The number of amides is 2. The van der Waals surface area contributed by atoms with Gasteiger partial charge in [0.15, 0.2) is 5.76 Å². The van der Waals surface area contributed by atoms with E-state index < -0.39 is 0 Å². The van der Waals surface area contributed by atoms with Gasteiger partial charge in [-0.25, -0.2) is 4.39 Å². The molecule has 1 aromatic carbocycles. The molecular weight excluding hydrogens is 379 g/mol. The Morgan fingerprint density at radius 2 is 1.72 bits per heavy atom. The first kappa shape index (κ1) is 18.9. The molecule has 2 amide bonds. The van der Waals surface area contributed by atoms with Gasteiger partial charge in [-0.05, 0) is 36.4 Å². The highest BCUT2D eigenvalue weighted by Crippen LogP contribution is 2.19. The summed E-state index contributed by atoms with van der Waals surface area (Å²) in [5, 5.41) is 7.89. The average molecular weight is 398 g/mol. The minimum atomic E-state index is -0.343. The third-order valence-electron chi connectivity index (χ3n) is 4.76. The van der Waals surface area contributed by atoms with Crippen LogP contribution in [0.5, 0.6) is 0 Å². The molecule has 0 saturated carbocycles. The smallest absolute Gasteiger partial charge is 0.289 e. The molecular formula is C20H19FN4O4. The Kier molecular flexibility index (Phi) is 5.37. The Balaban J connectivity index is 1.26. The minimum absolute atomic E-state index is 0.0309. The molecule has 1 aliphatic rings. The lowest BCUT2D eigenvalue weighted by Crippen LogP contribution is -2.50. The third kappa shape index (κ3) is 4.34. The molecule has 1 saturated heterocycles. The Hall–Kier alpha value is -3.49. The highest BCUT2D eigenvalue weighted by atomic mass is 19.1. The molecule has 0 atom stereocenters. The number of furan rings is 1. The molecule has 1 aliphatic heterocycles. The van der Waals surface area contributed by atoms with Crippen LogP contribution in [0.1, 0.15) is 22.9 Å². The molecule has 0 radical (unpaired) electrons. The topological polar surface area (TPSA) is 92.7 Å². The summed E-state index contributed by atoms with van der Waals surface area (Å²) in [5.74, 6) is 0.405. The number of benzene rings is 1. The standard InChI is InChI=1S/C20H19FN4O4/c21-15-5-3-14(4-6-15)19-23-22-17(29-19)7-8-18(26)24-9-11-25(12-10-24)20(27)16-2-1-13-28-16/h1-6,13H,7-12H2. The van der Waals surface area contributed by atoms with E-state index in [0.29, 0.717) is 49.8 Å². The molecule has 0 unspecified atom stereocenters. The summed E-state index contributed by atoms with van der Waals surface area (Å²) in [7, 11) is 0. The predicted octanol–water partition coefficient (Wildman–Crippen LogP) is 2.39. The normalized spacial score (nSPS) is 14.2. The van der Waals surface area contributed by atoms with E-state index in [1.807, 2.05) is 0 Å². The van der Waals surface area contributed by atoms with Gasteiger partial charge in [0.25, 0.3) is 5.91 Å². The van der Waals surface area contributed by atoms with Crippen molar-refractivity contribution in [3.05, 3.63) is 60.1 Å². The van der Waals surface area contributed by atoms with Gasteiger partial charge in [-0.15, -0.1) is 10.2 Å². The quantitative estimate of drug-likeness (QED) is 0.655. The van der Waals surface area contributed by atoms with Crippen LogP contribution in [0.4, 0.5) is 4.39 Å². The predicted molar refractivity (Wildman–Crippen MR) is 99.2 cm³/mol. The van der Waals surface area contributed by atoms with Gasteiger partial charge in [0, 0.05) is 44.6 Å². The lowest BCUT2D eigenvalue weighted by molar-refractivity contribution is -0.132. The Bertz CT molecular complexity index is 976. The van der Waals surface area contributed by atoms with Crippen LogP contribution in [0, 0.1) is 5.82 Å². The largest absolute Gasteiger partial charge is 0.459 e. The van der Waals surface area contributed by atoms with Gasteiger partial charge in [-0.1, -0.05) is 0 Å². The van der Waals surface area contributed by atoms with Crippen LogP contribution in [-0.4, -0.2) is 58.0 Å². The minimum Gasteiger partial charge on any atom is -0.459 e. The summed E-state index contributed by atoms with van der Waals surface area (Å²) in [6, 6.07) is 9.05. The van der Waals surface area contributed by atoms with Crippen molar-refractivity contribution in [1.82, 2.24) is 20.0 Å². The summed E-state index contributed by atoms with van der Waals surface area (Å²) >= 11 is 0. The van der Waals surface area contributed by atoms with E-state index in [0.717, 1.165) is 0 Å². The van der Waals surface area contributed by atoms with Gasteiger partial charge in [-0.2, -0.15) is 0 Å². The SMILES string of the molecule is O=C(CCc1nnc(-c2ccc(F)cc2)o1)N1CCN(C(=O)c2ccco2)CC1. The van der Waals surface area contributed by atoms with Crippen LogP contribution in [0.3, 0.4) is 0 Å². The van der Waals surface area contributed by atoms with Crippen LogP contribution in [0.2, 0.25) is 0 Å². The fraction of sp³-hybridized carbons (Fsp3) is 0.300. The van der Waals surface area contributed by atoms with E-state index in [2.05, 4.69) is 10.2 Å². The first-order valence-electron chi connectivity index (χ1n) is 9.29. The number of aryl methyl sites for hydroxylation is 1. The number of carbonyl (C=O) groups is 2. The van der Waals surface area contributed by atoms with Crippen molar-refractivity contribution in [2.24, 2.45) is 0 Å². The summed E-state index contributed by atoms with van der Waals surface area (Å²) in [4.78, 5) is 28.1. The van der Waals surface area contributed by atoms with Gasteiger partial charge in [0.1, 0.15) is 5.82 Å². The Morgan fingerprint density at radius 1 is 1.00 bits per heavy atom. The highest BCUT2D eigenvalue weighted by molar-refractivity contribution is 5.91. The number of piperazine rings is 1. The van der Waals surface area contributed by atoms with Gasteiger partial charge >= 0.3 is 0 Å². The second-order valence-corrected chi connectivity index (χ2v) is 6.66. The molecule has 0 N–H and O–H groups in total. The van der Waals surface area contributed by atoms with Crippen LogP contribution in [0.15, 0.2) is 51.5 Å². The molecule has 9 heteroatoms. The fourth-order valence-corrected chi connectivity index (χ4v) is 3.15. The third-order valence-corrected chi connectivity index (χ3v) is 4.76. The zero-order valence-corrected chi connectivity index (χ0v) is 15.6. The molecule has 3 heterocycles. The number of hydrogen-bond donors (Lipinski definition) is 0. The maximum Gasteiger partial charge on any atom is 0.289 e. The molecule has 150 valence electrons. The van der Waals surface area contributed by atoms with Crippen molar-refractivity contribution in [1.29, 1.82) is 0 Å². The van der Waals surface area contributed by atoms with E-state index in [1.165, 1.54) is 18.4 Å². The van der Waals surface area contributed by atoms with Gasteiger partial charge < -0.3 is 18.6 Å². The molecule has 4 rings (SSSR count). The van der Waals surface area contributed by atoms with Crippen molar-refractivity contribution in [2.45, 2.75) is 12.8 Å². The fourth-order valence-electron chi connectivity index (χ4n) is 3.15. The Labute approximate surface area is 165 Å². The second kappa shape index (κ2) is 8.26. The number of rotatable bonds is 5. The van der Waals surface area contributed by atoms with Crippen LogP contribution < -0.4 is 0 Å². The van der Waals surface area contributed by atoms with Gasteiger partial charge in [-0.3, -0.25) is 9.59 Å². The Morgan fingerprint density at radius 3 is 2.41 bits per heavy atom. The highest BCUT2D eigenvalue weighted by Gasteiger charge is 2.26. The molecule has 3 aromatic rings. The van der Waals surface area contributed by atoms with E-state index in [4.69, 9.17) is 8.83 Å². The summed E-state index contributed by atoms with van der Waals surface area (Å²) in [6.07, 6.45) is 2.02. The monoisotopic (exact) mass is 398 g/mol. The summed E-state index contributed by atoms with van der Waals surface area (Å²) in [5.41, 5.74) is 0.619.